The van der Waals surface area contributed by atoms with E-state index in [1.165, 1.54) is 11.0 Å². The number of ether oxygens (including phenoxy) is 1. The van der Waals surface area contributed by atoms with E-state index in [0.717, 1.165) is 18.9 Å². The number of fused-ring (bicyclic) bond motifs is 1. The van der Waals surface area contributed by atoms with Crippen LogP contribution in [0.2, 0.25) is 0 Å². The van der Waals surface area contributed by atoms with Gasteiger partial charge in [-0.25, -0.2) is 4.39 Å². The van der Waals surface area contributed by atoms with E-state index in [0.29, 0.717) is 16.7 Å². The van der Waals surface area contributed by atoms with Crippen molar-refractivity contribution in [1.29, 1.82) is 0 Å². The quantitative estimate of drug-likeness (QED) is 0.766. The first-order valence-corrected chi connectivity index (χ1v) is 7.61. The standard InChI is InChI=1S/C15H15BrFNO3/c1-15(2)4-3-9(21-15)7-18-12-10(13(19)14(18)20)5-8(17)6-11(12)16/h5-6,9H,3-4,7H2,1-2H3. The average molecular weight is 356 g/mol. The Bertz CT molecular complexity index is 644. The Hall–Kier alpha value is -1.27. The highest BCUT2D eigenvalue weighted by atomic mass is 79.9. The lowest BCUT2D eigenvalue weighted by Crippen LogP contribution is -2.37. The van der Waals surface area contributed by atoms with Gasteiger partial charge in [0.25, 0.3) is 11.7 Å². The molecular formula is C15H15BrFNO3. The number of anilines is 1. The van der Waals surface area contributed by atoms with E-state index in [2.05, 4.69) is 15.9 Å². The number of hydrogen-bond acceptors (Lipinski definition) is 3. The van der Waals surface area contributed by atoms with Gasteiger partial charge in [0.2, 0.25) is 0 Å². The second-order valence-corrected chi connectivity index (χ2v) is 6.92. The summed E-state index contributed by atoms with van der Waals surface area (Å²) in [7, 11) is 0. The van der Waals surface area contributed by atoms with Crippen molar-refractivity contribution in [3.05, 3.63) is 28.0 Å². The number of carbonyl (C=O) groups is 2. The Morgan fingerprint density at radius 1 is 1.43 bits per heavy atom. The molecule has 2 aliphatic rings. The topological polar surface area (TPSA) is 46.6 Å². The number of rotatable bonds is 2. The van der Waals surface area contributed by atoms with Gasteiger partial charge in [0, 0.05) is 4.47 Å². The van der Waals surface area contributed by atoms with E-state index in [9.17, 15) is 14.0 Å². The zero-order valence-corrected chi connectivity index (χ0v) is 13.4. The van der Waals surface area contributed by atoms with Crippen LogP contribution in [0.1, 0.15) is 37.0 Å². The van der Waals surface area contributed by atoms with Crippen LogP contribution in [0.4, 0.5) is 10.1 Å². The molecule has 1 amide bonds. The minimum atomic E-state index is -0.664. The molecule has 1 fully saturated rings. The second kappa shape index (κ2) is 4.88. The van der Waals surface area contributed by atoms with E-state index in [1.54, 1.807) is 0 Å². The first kappa shape index (κ1) is 14.7. The Labute approximate surface area is 130 Å². The van der Waals surface area contributed by atoms with Gasteiger partial charge in [-0.05, 0) is 54.8 Å². The Morgan fingerprint density at radius 2 is 2.14 bits per heavy atom. The molecule has 4 nitrogen and oxygen atoms in total. The zero-order valence-electron chi connectivity index (χ0n) is 11.8. The summed E-state index contributed by atoms with van der Waals surface area (Å²) in [4.78, 5) is 25.5. The van der Waals surface area contributed by atoms with Crippen LogP contribution in [0.5, 0.6) is 0 Å². The molecule has 1 saturated heterocycles. The molecule has 0 aliphatic carbocycles. The third-order valence-corrected chi connectivity index (χ3v) is 4.53. The van der Waals surface area contributed by atoms with Crippen molar-refractivity contribution < 1.29 is 18.7 Å². The predicted molar refractivity (Wildman–Crippen MR) is 79.0 cm³/mol. The molecule has 1 unspecified atom stereocenters. The summed E-state index contributed by atoms with van der Waals surface area (Å²) in [6, 6.07) is 2.37. The van der Waals surface area contributed by atoms with E-state index in [4.69, 9.17) is 4.74 Å². The fraction of sp³-hybridized carbons (Fsp3) is 0.467. The van der Waals surface area contributed by atoms with Crippen molar-refractivity contribution in [3.63, 3.8) is 0 Å². The molecule has 0 N–H and O–H groups in total. The third-order valence-electron chi connectivity index (χ3n) is 3.92. The van der Waals surface area contributed by atoms with Gasteiger partial charge in [-0.2, -0.15) is 0 Å². The van der Waals surface area contributed by atoms with Gasteiger partial charge < -0.3 is 9.64 Å². The number of nitrogens with zero attached hydrogens (tertiary/aromatic N) is 1. The smallest absolute Gasteiger partial charge is 0.299 e. The molecule has 1 atom stereocenters. The van der Waals surface area contributed by atoms with Gasteiger partial charge in [0.05, 0.1) is 29.5 Å². The number of benzene rings is 1. The summed E-state index contributed by atoms with van der Waals surface area (Å²) >= 11 is 3.24. The van der Waals surface area contributed by atoms with E-state index < -0.39 is 17.5 Å². The summed E-state index contributed by atoms with van der Waals surface area (Å²) in [5.41, 5.74) is 0.351. The molecule has 0 radical (unpaired) electrons. The summed E-state index contributed by atoms with van der Waals surface area (Å²) in [5.74, 6) is -1.83. The van der Waals surface area contributed by atoms with Crippen molar-refractivity contribution in [1.82, 2.24) is 0 Å². The first-order valence-electron chi connectivity index (χ1n) is 6.81. The van der Waals surface area contributed by atoms with Crippen LogP contribution in [0, 0.1) is 5.82 Å². The number of amides is 1. The SMILES string of the molecule is CC1(C)CCC(CN2C(=O)C(=O)c3cc(F)cc(Br)c32)O1. The monoisotopic (exact) mass is 355 g/mol. The Balaban J connectivity index is 1.91. The lowest BCUT2D eigenvalue weighted by atomic mass is 10.1. The molecule has 21 heavy (non-hydrogen) atoms. The summed E-state index contributed by atoms with van der Waals surface area (Å²) in [5, 5.41) is 0. The summed E-state index contributed by atoms with van der Waals surface area (Å²) in [6.07, 6.45) is 1.63. The Morgan fingerprint density at radius 3 is 2.76 bits per heavy atom. The van der Waals surface area contributed by atoms with Crippen LogP contribution in [-0.4, -0.2) is 29.9 Å². The molecule has 1 aromatic carbocycles. The van der Waals surface area contributed by atoms with E-state index >= 15 is 0 Å². The minimum Gasteiger partial charge on any atom is -0.370 e. The molecular weight excluding hydrogens is 341 g/mol. The fourth-order valence-corrected chi connectivity index (χ4v) is 3.58. The van der Waals surface area contributed by atoms with Gasteiger partial charge in [0.1, 0.15) is 5.82 Å². The van der Waals surface area contributed by atoms with Crippen LogP contribution in [-0.2, 0) is 9.53 Å². The van der Waals surface area contributed by atoms with Crippen LogP contribution in [0.25, 0.3) is 0 Å². The number of Topliss-reactive ketones (excluding diaryl/α,β-unsaturated/α-hetero) is 1. The maximum atomic E-state index is 13.4. The molecule has 6 heteroatoms. The van der Waals surface area contributed by atoms with Gasteiger partial charge in [0.15, 0.2) is 0 Å². The van der Waals surface area contributed by atoms with Gasteiger partial charge in [-0.1, -0.05) is 0 Å². The molecule has 0 bridgehead atoms. The third kappa shape index (κ3) is 2.51. The van der Waals surface area contributed by atoms with Crippen molar-refractivity contribution in [3.8, 4) is 0 Å². The average Bonchev–Trinajstić information content (AvgIpc) is 2.83. The molecule has 0 aromatic heterocycles. The lowest BCUT2D eigenvalue weighted by molar-refractivity contribution is -0.114. The number of carbonyl (C=O) groups excluding carboxylic acids is 2. The van der Waals surface area contributed by atoms with Crippen molar-refractivity contribution in [2.24, 2.45) is 0 Å². The number of halogens is 2. The molecule has 1 aromatic rings. The molecule has 2 heterocycles. The summed E-state index contributed by atoms with van der Waals surface area (Å²) < 4.78 is 19.7. The van der Waals surface area contributed by atoms with Crippen LogP contribution < -0.4 is 4.90 Å². The largest absolute Gasteiger partial charge is 0.370 e. The Kier molecular flexibility index (Phi) is 3.41. The van der Waals surface area contributed by atoms with Crippen LogP contribution >= 0.6 is 15.9 Å². The van der Waals surface area contributed by atoms with E-state index in [1.807, 2.05) is 13.8 Å². The highest BCUT2D eigenvalue weighted by molar-refractivity contribution is 9.10. The minimum absolute atomic E-state index is 0.111. The van der Waals surface area contributed by atoms with Gasteiger partial charge >= 0.3 is 0 Å². The highest BCUT2D eigenvalue weighted by Crippen LogP contribution is 2.38. The summed E-state index contributed by atoms with van der Waals surface area (Å²) in [6.45, 7) is 4.32. The molecule has 2 aliphatic heterocycles. The molecule has 112 valence electrons. The van der Waals surface area contributed by atoms with Gasteiger partial charge in [-0.15, -0.1) is 0 Å². The number of hydrogen-bond donors (Lipinski definition) is 0. The molecule has 3 rings (SSSR count). The second-order valence-electron chi connectivity index (χ2n) is 6.07. The fourth-order valence-electron chi connectivity index (χ4n) is 2.94. The van der Waals surface area contributed by atoms with Crippen molar-refractivity contribution >= 4 is 33.3 Å². The predicted octanol–water partition coefficient (Wildman–Crippen LogP) is 3.08. The normalized spacial score (nSPS) is 23.8. The highest BCUT2D eigenvalue weighted by Gasteiger charge is 2.41. The van der Waals surface area contributed by atoms with Crippen LogP contribution in [0.15, 0.2) is 16.6 Å². The van der Waals surface area contributed by atoms with Crippen molar-refractivity contribution in [2.75, 3.05) is 11.4 Å². The first-order chi connectivity index (χ1) is 9.78. The molecule has 0 spiro atoms. The maximum absolute atomic E-state index is 13.4. The molecule has 0 saturated carbocycles. The zero-order chi connectivity index (χ0) is 15.4. The van der Waals surface area contributed by atoms with Crippen molar-refractivity contribution in [2.45, 2.75) is 38.4 Å². The van der Waals surface area contributed by atoms with E-state index in [-0.39, 0.29) is 17.3 Å². The number of ketones is 1. The maximum Gasteiger partial charge on any atom is 0.299 e. The van der Waals surface area contributed by atoms with Crippen LogP contribution in [0.3, 0.4) is 0 Å². The lowest BCUT2D eigenvalue weighted by Gasteiger charge is -2.24. The van der Waals surface area contributed by atoms with Gasteiger partial charge in [-0.3, -0.25) is 9.59 Å².